The summed E-state index contributed by atoms with van der Waals surface area (Å²) >= 11 is 0. The van der Waals surface area contributed by atoms with E-state index in [1.807, 2.05) is 0 Å². The molecule has 102 valence electrons. The van der Waals surface area contributed by atoms with Gasteiger partial charge in [-0.25, -0.2) is 0 Å². The van der Waals surface area contributed by atoms with E-state index >= 15 is 0 Å². The average molecular weight is 246 g/mol. The Morgan fingerprint density at radius 1 is 0.556 bits per heavy atom. The number of rotatable bonds is 0. The monoisotopic (exact) mass is 246 g/mol. The van der Waals surface area contributed by atoms with E-state index in [9.17, 15) is 0 Å². The number of allylic oxidation sites excluding steroid dienone is 4. The van der Waals surface area contributed by atoms with Gasteiger partial charge in [0.05, 0.1) is 0 Å². The van der Waals surface area contributed by atoms with Crippen LogP contribution < -0.4 is 0 Å². The van der Waals surface area contributed by atoms with E-state index in [2.05, 4.69) is 12.2 Å². The highest BCUT2D eigenvalue weighted by molar-refractivity contribution is 5.32. The fourth-order valence-corrected chi connectivity index (χ4v) is 3.26. The molecule has 0 heteroatoms. The third-order valence-corrected chi connectivity index (χ3v) is 4.48. The van der Waals surface area contributed by atoms with Gasteiger partial charge >= 0.3 is 0 Å². The van der Waals surface area contributed by atoms with Gasteiger partial charge in [0, 0.05) is 0 Å². The van der Waals surface area contributed by atoms with Crippen molar-refractivity contribution < 1.29 is 0 Å². The predicted octanol–water partition coefficient (Wildman–Crippen LogP) is 6.33. The van der Waals surface area contributed by atoms with Gasteiger partial charge < -0.3 is 0 Å². The third kappa shape index (κ3) is 5.42. The van der Waals surface area contributed by atoms with Crippen molar-refractivity contribution in [2.24, 2.45) is 0 Å². The SMILES string of the molecule is C1=C2C=C(C1)CCCCCCCCCCCCC2. The van der Waals surface area contributed by atoms with Gasteiger partial charge in [-0.15, -0.1) is 0 Å². The Morgan fingerprint density at radius 2 is 1.06 bits per heavy atom. The minimum atomic E-state index is 1.26. The van der Waals surface area contributed by atoms with Crippen molar-refractivity contribution in [2.75, 3.05) is 0 Å². The van der Waals surface area contributed by atoms with E-state index in [1.54, 1.807) is 11.1 Å². The summed E-state index contributed by atoms with van der Waals surface area (Å²) in [4.78, 5) is 0. The van der Waals surface area contributed by atoms with Crippen LogP contribution in [0.25, 0.3) is 0 Å². The zero-order chi connectivity index (χ0) is 12.5. The molecule has 0 nitrogen and oxygen atoms in total. The van der Waals surface area contributed by atoms with Crippen LogP contribution >= 0.6 is 0 Å². The second-order valence-electron chi connectivity index (χ2n) is 6.17. The first-order chi connectivity index (χ1) is 8.95. The maximum atomic E-state index is 2.51. The fourth-order valence-electron chi connectivity index (χ4n) is 3.26. The topological polar surface area (TPSA) is 0 Å². The molecule has 0 aromatic heterocycles. The van der Waals surface area contributed by atoms with Gasteiger partial charge in [0.1, 0.15) is 0 Å². The summed E-state index contributed by atoms with van der Waals surface area (Å²) in [6.07, 6.45) is 25.0. The molecular weight excluding hydrogens is 216 g/mol. The molecule has 0 saturated carbocycles. The number of hydrogen-bond donors (Lipinski definition) is 0. The van der Waals surface area contributed by atoms with Crippen LogP contribution in [0.5, 0.6) is 0 Å². The second kappa shape index (κ2) is 8.56. The third-order valence-electron chi connectivity index (χ3n) is 4.48. The van der Waals surface area contributed by atoms with Crippen molar-refractivity contribution in [1.82, 2.24) is 0 Å². The molecule has 0 heterocycles. The molecule has 2 aliphatic carbocycles. The van der Waals surface area contributed by atoms with Crippen LogP contribution in [0, 0.1) is 0 Å². The molecule has 0 N–H and O–H groups in total. The van der Waals surface area contributed by atoms with Crippen LogP contribution in [0.3, 0.4) is 0 Å². The molecule has 0 aromatic carbocycles. The first kappa shape index (κ1) is 13.9. The summed E-state index contributed by atoms with van der Waals surface area (Å²) in [5.74, 6) is 0. The van der Waals surface area contributed by atoms with E-state index in [-0.39, 0.29) is 0 Å². The Kier molecular flexibility index (Phi) is 6.61. The summed E-state index contributed by atoms with van der Waals surface area (Å²) in [6, 6.07) is 0. The Labute approximate surface area is 114 Å². The molecule has 2 bridgehead atoms. The largest absolute Gasteiger partial charge is 0.0772 e. The normalized spacial score (nSPS) is 24.4. The van der Waals surface area contributed by atoms with E-state index < -0.39 is 0 Å². The van der Waals surface area contributed by atoms with Gasteiger partial charge in [0.15, 0.2) is 0 Å². The van der Waals surface area contributed by atoms with E-state index in [1.165, 1.54) is 89.9 Å². The standard InChI is InChI=1S/C18H30/c1-2-4-6-8-10-12-17-14-15-18(16-17)13-11-9-7-5-3-1/h14,16H,1-13,15H2. The molecule has 0 amide bonds. The molecule has 0 aliphatic heterocycles. The van der Waals surface area contributed by atoms with Crippen molar-refractivity contribution >= 4 is 0 Å². The lowest BCUT2D eigenvalue weighted by molar-refractivity contribution is 0.544. The Bertz CT molecular complexity index is 282. The maximum absolute atomic E-state index is 2.51. The van der Waals surface area contributed by atoms with Crippen molar-refractivity contribution in [3.05, 3.63) is 23.3 Å². The molecule has 0 radical (unpaired) electrons. The molecule has 0 atom stereocenters. The predicted molar refractivity (Wildman–Crippen MR) is 80.8 cm³/mol. The van der Waals surface area contributed by atoms with Crippen LogP contribution in [-0.2, 0) is 0 Å². The van der Waals surface area contributed by atoms with E-state index in [4.69, 9.17) is 0 Å². The summed E-state index contributed by atoms with van der Waals surface area (Å²) in [6.45, 7) is 0. The summed E-state index contributed by atoms with van der Waals surface area (Å²) < 4.78 is 0. The molecule has 0 aromatic rings. The minimum absolute atomic E-state index is 1.26. The summed E-state index contributed by atoms with van der Waals surface area (Å²) in [5, 5.41) is 0. The quantitative estimate of drug-likeness (QED) is 0.468. The Balaban J connectivity index is 1.73. The molecule has 2 aliphatic rings. The molecule has 0 spiro atoms. The highest BCUT2D eigenvalue weighted by atomic mass is 14.1. The lowest BCUT2D eigenvalue weighted by Gasteiger charge is -2.05. The van der Waals surface area contributed by atoms with E-state index in [0.717, 1.165) is 0 Å². The van der Waals surface area contributed by atoms with Gasteiger partial charge in [0.25, 0.3) is 0 Å². The van der Waals surface area contributed by atoms with Gasteiger partial charge in [-0.05, 0) is 32.1 Å². The molecule has 0 unspecified atom stereocenters. The highest BCUT2D eigenvalue weighted by Crippen LogP contribution is 2.26. The lowest BCUT2D eigenvalue weighted by atomic mass is 10.0. The van der Waals surface area contributed by atoms with Crippen LogP contribution in [0.4, 0.5) is 0 Å². The highest BCUT2D eigenvalue weighted by Gasteiger charge is 2.06. The number of fused-ring (bicyclic) bond motifs is 1. The average Bonchev–Trinajstić information content (AvgIpc) is 2.82. The van der Waals surface area contributed by atoms with Crippen LogP contribution in [0.2, 0.25) is 0 Å². The van der Waals surface area contributed by atoms with Crippen molar-refractivity contribution in [1.29, 1.82) is 0 Å². The smallest absolute Gasteiger partial charge is 0.0130 e. The van der Waals surface area contributed by atoms with Crippen LogP contribution in [-0.4, -0.2) is 0 Å². The first-order valence-corrected chi connectivity index (χ1v) is 8.33. The summed E-state index contributed by atoms with van der Waals surface area (Å²) in [7, 11) is 0. The van der Waals surface area contributed by atoms with Gasteiger partial charge in [0.2, 0.25) is 0 Å². The van der Waals surface area contributed by atoms with Crippen molar-refractivity contribution in [2.45, 2.75) is 89.9 Å². The van der Waals surface area contributed by atoms with Crippen molar-refractivity contribution in [3.63, 3.8) is 0 Å². The molecule has 0 fully saturated rings. The van der Waals surface area contributed by atoms with Crippen LogP contribution in [0.1, 0.15) is 89.9 Å². The Morgan fingerprint density at radius 3 is 1.67 bits per heavy atom. The summed E-state index contributed by atoms with van der Waals surface area (Å²) in [5.41, 5.74) is 3.34. The van der Waals surface area contributed by atoms with Crippen LogP contribution in [0.15, 0.2) is 23.3 Å². The molecule has 0 saturated heterocycles. The first-order valence-electron chi connectivity index (χ1n) is 8.33. The fraction of sp³-hybridized carbons (Fsp3) is 0.778. The van der Waals surface area contributed by atoms with Gasteiger partial charge in [-0.1, -0.05) is 81.1 Å². The minimum Gasteiger partial charge on any atom is -0.0772 e. The molecular formula is C18H30. The van der Waals surface area contributed by atoms with Crippen molar-refractivity contribution in [3.8, 4) is 0 Å². The molecule has 18 heavy (non-hydrogen) atoms. The van der Waals surface area contributed by atoms with Gasteiger partial charge in [-0.2, -0.15) is 0 Å². The van der Waals surface area contributed by atoms with Gasteiger partial charge in [-0.3, -0.25) is 0 Å². The zero-order valence-electron chi connectivity index (χ0n) is 12.1. The maximum Gasteiger partial charge on any atom is -0.0130 e. The van der Waals surface area contributed by atoms with E-state index in [0.29, 0.717) is 0 Å². The second-order valence-corrected chi connectivity index (χ2v) is 6.17. The molecule has 2 rings (SSSR count). The zero-order valence-corrected chi connectivity index (χ0v) is 12.1. The number of hydrogen-bond acceptors (Lipinski definition) is 0. The lowest BCUT2D eigenvalue weighted by Crippen LogP contribution is -1.85. The Hall–Kier alpha value is -0.520.